The molecular formula is C20H26N2O5. The summed E-state index contributed by atoms with van der Waals surface area (Å²) in [4.78, 5) is 47.2. The average molecular weight is 374 g/mol. The second-order valence-electron chi connectivity index (χ2n) is 6.98. The van der Waals surface area contributed by atoms with Gasteiger partial charge in [-0.1, -0.05) is 30.3 Å². The first kappa shape index (κ1) is 20.6. The van der Waals surface area contributed by atoms with E-state index in [9.17, 15) is 24.3 Å². The number of hydrogen-bond donors (Lipinski definition) is 3. The largest absolute Gasteiger partial charge is 0.480 e. The van der Waals surface area contributed by atoms with Crippen molar-refractivity contribution >= 4 is 23.6 Å². The molecule has 0 bridgehead atoms. The van der Waals surface area contributed by atoms with Crippen molar-refractivity contribution in [2.45, 2.75) is 57.5 Å². The van der Waals surface area contributed by atoms with Crippen LogP contribution in [0.15, 0.2) is 30.3 Å². The molecule has 2 amide bonds. The molecule has 27 heavy (non-hydrogen) atoms. The number of carbonyl (C=O) groups is 4. The lowest BCUT2D eigenvalue weighted by atomic mass is 9.83. The summed E-state index contributed by atoms with van der Waals surface area (Å²) in [5, 5.41) is 14.7. The highest BCUT2D eigenvalue weighted by Gasteiger charge is 2.33. The van der Waals surface area contributed by atoms with Crippen molar-refractivity contribution < 1.29 is 24.3 Å². The van der Waals surface area contributed by atoms with E-state index < -0.39 is 17.9 Å². The molecule has 0 unspecified atom stereocenters. The van der Waals surface area contributed by atoms with Crippen molar-refractivity contribution in [1.82, 2.24) is 10.6 Å². The van der Waals surface area contributed by atoms with Crippen LogP contribution in [0.3, 0.4) is 0 Å². The fraction of sp³-hybridized carbons (Fsp3) is 0.500. The van der Waals surface area contributed by atoms with Crippen molar-refractivity contribution in [3.63, 3.8) is 0 Å². The lowest BCUT2D eigenvalue weighted by Gasteiger charge is -2.27. The van der Waals surface area contributed by atoms with E-state index in [-0.39, 0.29) is 42.9 Å². The molecule has 1 saturated carbocycles. The lowest BCUT2D eigenvalue weighted by Crippen LogP contribution is -2.47. The number of rotatable bonds is 8. The predicted octanol–water partition coefficient (Wildman–Crippen LogP) is 1.97. The third-order valence-electron chi connectivity index (χ3n) is 4.83. The number of amides is 2. The maximum absolute atomic E-state index is 12.1. The molecule has 0 aromatic heterocycles. The minimum Gasteiger partial charge on any atom is -0.480 e. The first-order valence-corrected chi connectivity index (χ1v) is 9.25. The molecule has 0 saturated heterocycles. The third kappa shape index (κ3) is 6.51. The van der Waals surface area contributed by atoms with Crippen molar-refractivity contribution in [2.75, 3.05) is 0 Å². The van der Waals surface area contributed by atoms with E-state index in [0.717, 1.165) is 5.56 Å². The molecule has 0 heterocycles. The van der Waals surface area contributed by atoms with Crippen molar-refractivity contribution in [3.05, 3.63) is 35.9 Å². The van der Waals surface area contributed by atoms with Crippen LogP contribution in [-0.4, -0.2) is 34.7 Å². The third-order valence-corrected chi connectivity index (χ3v) is 4.83. The van der Waals surface area contributed by atoms with E-state index in [2.05, 4.69) is 10.6 Å². The van der Waals surface area contributed by atoms with Gasteiger partial charge < -0.3 is 15.7 Å². The summed E-state index contributed by atoms with van der Waals surface area (Å²) in [6.45, 7) is 1.86. The topological polar surface area (TPSA) is 113 Å². The number of benzene rings is 1. The molecule has 1 aromatic rings. The highest BCUT2D eigenvalue weighted by Crippen LogP contribution is 2.24. The zero-order chi connectivity index (χ0) is 19.8. The monoisotopic (exact) mass is 374 g/mol. The van der Waals surface area contributed by atoms with Crippen LogP contribution < -0.4 is 10.6 Å². The van der Waals surface area contributed by atoms with E-state index in [1.54, 1.807) is 0 Å². The van der Waals surface area contributed by atoms with Gasteiger partial charge in [-0.3, -0.25) is 14.4 Å². The smallest absolute Gasteiger partial charge is 0.326 e. The number of Topliss-reactive ketones (excluding diaryl/α,β-unsaturated/α-hetero) is 1. The van der Waals surface area contributed by atoms with Crippen LogP contribution in [0.4, 0.5) is 0 Å². The Balaban J connectivity index is 1.80. The highest BCUT2D eigenvalue weighted by molar-refractivity contribution is 5.88. The molecule has 146 valence electrons. The van der Waals surface area contributed by atoms with E-state index in [1.165, 1.54) is 0 Å². The molecule has 0 spiro atoms. The van der Waals surface area contributed by atoms with Crippen LogP contribution >= 0.6 is 0 Å². The minimum atomic E-state index is -1.15. The summed E-state index contributed by atoms with van der Waals surface area (Å²) >= 11 is 0. The quantitative estimate of drug-likeness (QED) is 0.644. The van der Waals surface area contributed by atoms with Gasteiger partial charge in [0.15, 0.2) is 0 Å². The number of ketones is 1. The van der Waals surface area contributed by atoms with Gasteiger partial charge in [-0.2, -0.15) is 0 Å². The molecule has 2 rings (SSSR count). The Morgan fingerprint density at radius 1 is 1.11 bits per heavy atom. The summed E-state index contributed by atoms with van der Waals surface area (Å²) in [6, 6.07) is 8.19. The van der Waals surface area contributed by atoms with E-state index in [1.807, 2.05) is 37.3 Å². The Hall–Kier alpha value is -2.70. The van der Waals surface area contributed by atoms with Crippen LogP contribution in [0.2, 0.25) is 0 Å². The summed E-state index contributed by atoms with van der Waals surface area (Å²) in [5.74, 6) is -2.28. The van der Waals surface area contributed by atoms with Gasteiger partial charge in [0.25, 0.3) is 0 Å². The van der Waals surface area contributed by atoms with Crippen LogP contribution in [0.5, 0.6) is 0 Å². The first-order valence-electron chi connectivity index (χ1n) is 9.25. The van der Waals surface area contributed by atoms with Gasteiger partial charge in [-0.25, -0.2) is 4.79 Å². The summed E-state index contributed by atoms with van der Waals surface area (Å²) < 4.78 is 0. The Bertz CT molecular complexity index is 689. The van der Waals surface area contributed by atoms with Crippen LogP contribution in [0, 0.1) is 5.92 Å². The SMILES string of the molecule is C[C@@H](NC(=O)CCC(=O)N[C@H](C(=O)O)[C@@H]1CCCC(=O)C1)c1ccccc1. The van der Waals surface area contributed by atoms with Gasteiger partial charge in [-0.05, 0) is 31.2 Å². The number of hydrogen-bond acceptors (Lipinski definition) is 4. The number of carboxylic acids is 1. The fourth-order valence-corrected chi connectivity index (χ4v) is 3.34. The first-order chi connectivity index (χ1) is 12.9. The van der Waals surface area contributed by atoms with Crippen molar-refractivity contribution in [1.29, 1.82) is 0 Å². The van der Waals surface area contributed by atoms with E-state index in [4.69, 9.17) is 0 Å². The van der Waals surface area contributed by atoms with E-state index in [0.29, 0.717) is 19.3 Å². The second kappa shape index (κ2) is 9.85. The van der Waals surface area contributed by atoms with Crippen molar-refractivity contribution in [2.24, 2.45) is 5.92 Å². The lowest BCUT2D eigenvalue weighted by molar-refractivity contribution is -0.144. The van der Waals surface area contributed by atoms with Crippen LogP contribution in [0.1, 0.15) is 57.1 Å². The molecule has 1 aliphatic carbocycles. The molecule has 7 nitrogen and oxygen atoms in total. The predicted molar refractivity (Wildman–Crippen MR) is 98.8 cm³/mol. The van der Waals surface area contributed by atoms with E-state index >= 15 is 0 Å². The molecule has 1 aliphatic rings. The average Bonchev–Trinajstić information content (AvgIpc) is 2.65. The zero-order valence-electron chi connectivity index (χ0n) is 15.4. The number of aliphatic carboxylic acids is 1. The molecule has 7 heteroatoms. The minimum absolute atomic E-state index is 0.0287. The molecular weight excluding hydrogens is 348 g/mol. The maximum atomic E-state index is 12.1. The van der Waals surface area contributed by atoms with Gasteiger partial charge in [0, 0.05) is 25.7 Å². The summed E-state index contributed by atoms with van der Waals surface area (Å²) in [6.07, 6.45) is 1.75. The molecule has 3 N–H and O–H groups in total. The maximum Gasteiger partial charge on any atom is 0.326 e. The van der Waals surface area contributed by atoms with Gasteiger partial charge in [-0.15, -0.1) is 0 Å². The Kier molecular flexibility index (Phi) is 7.52. The normalized spacial score (nSPS) is 19.0. The Morgan fingerprint density at radius 2 is 1.74 bits per heavy atom. The van der Waals surface area contributed by atoms with Gasteiger partial charge in [0.05, 0.1) is 6.04 Å². The summed E-state index contributed by atoms with van der Waals surface area (Å²) in [5.41, 5.74) is 0.961. The van der Waals surface area contributed by atoms with Crippen LogP contribution in [0.25, 0.3) is 0 Å². The molecule has 1 fully saturated rings. The van der Waals surface area contributed by atoms with Crippen molar-refractivity contribution in [3.8, 4) is 0 Å². The number of nitrogens with one attached hydrogen (secondary N) is 2. The molecule has 0 aliphatic heterocycles. The zero-order valence-corrected chi connectivity index (χ0v) is 15.4. The Labute approximate surface area is 158 Å². The summed E-state index contributed by atoms with van der Waals surface area (Å²) in [7, 11) is 0. The molecule has 1 aromatic carbocycles. The fourth-order valence-electron chi connectivity index (χ4n) is 3.34. The van der Waals surface area contributed by atoms with Gasteiger partial charge in [0.2, 0.25) is 11.8 Å². The standard InChI is InChI=1S/C20H26N2O5/c1-13(14-6-3-2-4-7-14)21-17(24)10-11-18(25)22-19(20(26)27)15-8-5-9-16(23)12-15/h2-4,6-7,13,15,19H,5,8-12H2,1H3,(H,21,24)(H,22,25)(H,26,27)/t13-,15-,19+/m1/s1. The number of carboxylic acid groups (broad SMARTS) is 1. The van der Waals surface area contributed by atoms with Gasteiger partial charge in [0.1, 0.15) is 11.8 Å². The Morgan fingerprint density at radius 3 is 2.33 bits per heavy atom. The highest BCUT2D eigenvalue weighted by atomic mass is 16.4. The molecule has 0 radical (unpaired) electrons. The van der Waals surface area contributed by atoms with Gasteiger partial charge >= 0.3 is 5.97 Å². The van der Waals surface area contributed by atoms with Crippen LogP contribution in [-0.2, 0) is 19.2 Å². The second-order valence-corrected chi connectivity index (χ2v) is 6.98. The molecule has 3 atom stereocenters. The number of carbonyl (C=O) groups excluding carboxylic acids is 3.